The van der Waals surface area contributed by atoms with Crippen LogP contribution in [0.25, 0.3) is 10.9 Å². The zero-order valence-corrected chi connectivity index (χ0v) is 17.1. The molecule has 1 atom stereocenters. The third-order valence-electron chi connectivity index (χ3n) is 7.35. The predicted molar refractivity (Wildman–Crippen MR) is 113 cm³/mol. The van der Waals surface area contributed by atoms with Gasteiger partial charge in [-0.25, -0.2) is 8.78 Å². The molecule has 2 fully saturated rings. The van der Waals surface area contributed by atoms with Crippen molar-refractivity contribution in [3.05, 3.63) is 77.0 Å². The summed E-state index contributed by atoms with van der Waals surface area (Å²) in [5.74, 6) is 0.352. The van der Waals surface area contributed by atoms with E-state index in [0.29, 0.717) is 17.9 Å². The third kappa shape index (κ3) is 3.42. The van der Waals surface area contributed by atoms with Crippen molar-refractivity contribution in [1.29, 1.82) is 0 Å². The van der Waals surface area contributed by atoms with E-state index >= 15 is 0 Å². The smallest absolute Gasteiger partial charge is 0.140 e. The van der Waals surface area contributed by atoms with Gasteiger partial charge in [-0.05, 0) is 97.4 Å². The zero-order valence-electron chi connectivity index (χ0n) is 17.1. The largest absolute Gasteiger partial charge is 0.299 e. The summed E-state index contributed by atoms with van der Waals surface area (Å²) in [6.07, 6.45) is 7.31. The summed E-state index contributed by atoms with van der Waals surface area (Å²) in [7, 11) is 0. The number of aryl methyl sites for hydroxylation is 1. The quantitative estimate of drug-likeness (QED) is 0.510. The number of hydrogen-bond acceptors (Lipinski definition) is 2. The van der Waals surface area contributed by atoms with E-state index in [2.05, 4.69) is 4.98 Å². The van der Waals surface area contributed by atoms with Gasteiger partial charge in [-0.2, -0.15) is 0 Å². The first-order valence-corrected chi connectivity index (χ1v) is 10.8. The number of rotatable bonds is 4. The van der Waals surface area contributed by atoms with Gasteiger partial charge in [0.2, 0.25) is 0 Å². The highest BCUT2D eigenvalue weighted by Gasteiger charge is 2.57. The molecule has 1 spiro atoms. The van der Waals surface area contributed by atoms with E-state index < -0.39 is 0 Å². The molecule has 154 valence electrons. The first kappa shape index (κ1) is 19.3. The average molecular weight is 405 g/mol. The second kappa shape index (κ2) is 7.26. The molecule has 2 aromatic carbocycles. The van der Waals surface area contributed by atoms with Crippen LogP contribution < -0.4 is 0 Å². The highest BCUT2D eigenvalue weighted by atomic mass is 19.1. The topological polar surface area (TPSA) is 30.0 Å². The van der Waals surface area contributed by atoms with Crippen LogP contribution in [0.5, 0.6) is 0 Å². The monoisotopic (exact) mass is 405 g/mol. The van der Waals surface area contributed by atoms with Crippen molar-refractivity contribution in [2.75, 3.05) is 0 Å². The molecule has 0 saturated heterocycles. The standard InChI is InChI=1S/C26H25F2NO/c1-16-12-24-21(14-23(16)28)20(8-11-29-24)18-6-9-26(10-7-18)15-22(26)25(30)13-17-2-4-19(27)5-3-17/h2-5,8,11-12,14,18,22H,6-7,9-10,13,15H2,1H3. The number of benzene rings is 2. The van der Waals surface area contributed by atoms with Crippen LogP contribution in [-0.2, 0) is 11.2 Å². The normalized spacial score (nSPS) is 25.6. The number of hydrogen-bond donors (Lipinski definition) is 0. The van der Waals surface area contributed by atoms with Gasteiger partial charge >= 0.3 is 0 Å². The minimum atomic E-state index is -0.272. The summed E-state index contributed by atoms with van der Waals surface area (Å²) in [6, 6.07) is 11.7. The third-order valence-corrected chi connectivity index (χ3v) is 7.35. The molecular formula is C26H25F2NO. The molecule has 1 heterocycles. The van der Waals surface area contributed by atoms with Gasteiger partial charge in [0.1, 0.15) is 17.4 Å². The molecule has 3 aromatic rings. The molecule has 2 nitrogen and oxygen atoms in total. The molecule has 2 aliphatic carbocycles. The number of aromatic nitrogens is 1. The average Bonchev–Trinajstić information content (AvgIpc) is 3.44. The molecule has 2 saturated carbocycles. The van der Waals surface area contributed by atoms with Crippen LogP contribution in [0.1, 0.15) is 54.7 Å². The van der Waals surface area contributed by atoms with Crippen molar-refractivity contribution in [3.63, 3.8) is 0 Å². The summed E-state index contributed by atoms with van der Waals surface area (Å²) in [5, 5.41) is 0.918. The van der Waals surface area contributed by atoms with E-state index in [-0.39, 0.29) is 28.8 Å². The summed E-state index contributed by atoms with van der Waals surface area (Å²) < 4.78 is 27.3. The highest BCUT2D eigenvalue weighted by Crippen LogP contribution is 2.63. The number of nitrogens with zero attached hydrogens (tertiary/aromatic N) is 1. The Labute approximate surface area is 175 Å². The number of carbonyl (C=O) groups is 1. The van der Waals surface area contributed by atoms with Crippen molar-refractivity contribution in [3.8, 4) is 0 Å². The van der Waals surface area contributed by atoms with Crippen molar-refractivity contribution in [1.82, 2.24) is 4.98 Å². The summed E-state index contributed by atoms with van der Waals surface area (Å²) in [6.45, 7) is 1.77. The highest BCUT2D eigenvalue weighted by molar-refractivity contribution is 5.87. The lowest BCUT2D eigenvalue weighted by Crippen LogP contribution is -2.20. The zero-order chi connectivity index (χ0) is 20.9. The summed E-state index contributed by atoms with van der Waals surface area (Å²) >= 11 is 0. The van der Waals surface area contributed by atoms with Crippen LogP contribution in [-0.4, -0.2) is 10.8 Å². The lowest BCUT2D eigenvalue weighted by Gasteiger charge is -2.30. The molecule has 0 bridgehead atoms. The van der Waals surface area contributed by atoms with Crippen LogP contribution in [0.15, 0.2) is 48.7 Å². The van der Waals surface area contributed by atoms with Gasteiger partial charge in [0.15, 0.2) is 0 Å². The van der Waals surface area contributed by atoms with Gasteiger partial charge in [0.05, 0.1) is 5.52 Å². The Morgan fingerprint density at radius 2 is 1.83 bits per heavy atom. The van der Waals surface area contributed by atoms with Gasteiger partial charge in [0, 0.05) is 23.9 Å². The first-order chi connectivity index (χ1) is 14.4. The Balaban J connectivity index is 1.27. The molecule has 1 unspecified atom stereocenters. The molecule has 0 aliphatic heterocycles. The molecule has 5 rings (SSSR count). The van der Waals surface area contributed by atoms with Gasteiger partial charge in [0.25, 0.3) is 0 Å². The van der Waals surface area contributed by atoms with Crippen LogP contribution in [0.4, 0.5) is 8.78 Å². The van der Waals surface area contributed by atoms with Crippen molar-refractivity contribution in [2.24, 2.45) is 11.3 Å². The fraction of sp³-hybridized carbons (Fsp3) is 0.385. The van der Waals surface area contributed by atoms with Crippen LogP contribution in [0.3, 0.4) is 0 Å². The number of fused-ring (bicyclic) bond motifs is 1. The van der Waals surface area contributed by atoms with E-state index in [1.54, 1.807) is 25.1 Å². The predicted octanol–water partition coefficient (Wildman–Crippen LogP) is 6.30. The molecule has 2 aliphatic rings. The Morgan fingerprint density at radius 3 is 2.57 bits per heavy atom. The minimum absolute atomic E-state index is 0.137. The summed E-state index contributed by atoms with van der Waals surface area (Å²) in [4.78, 5) is 17.2. The van der Waals surface area contributed by atoms with Gasteiger partial charge in [-0.3, -0.25) is 9.78 Å². The molecule has 0 radical (unpaired) electrons. The number of Topliss-reactive ketones (excluding diaryl/α,β-unsaturated/α-hetero) is 1. The van der Waals surface area contributed by atoms with E-state index in [9.17, 15) is 13.6 Å². The fourth-order valence-corrected chi connectivity index (χ4v) is 5.43. The number of carbonyl (C=O) groups excluding carboxylic acids is 1. The Bertz CT molecular complexity index is 1110. The minimum Gasteiger partial charge on any atom is -0.299 e. The number of halogens is 2. The van der Waals surface area contributed by atoms with Crippen LogP contribution >= 0.6 is 0 Å². The van der Waals surface area contributed by atoms with Crippen molar-refractivity contribution >= 4 is 16.7 Å². The van der Waals surface area contributed by atoms with E-state index in [4.69, 9.17) is 0 Å². The van der Waals surface area contributed by atoms with Crippen LogP contribution in [0.2, 0.25) is 0 Å². The van der Waals surface area contributed by atoms with Gasteiger partial charge in [-0.1, -0.05) is 12.1 Å². The van der Waals surface area contributed by atoms with Gasteiger partial charge in [-0.15, -0.1) is 0 Å². The number of pyridine rings is 1. The van der Waals surface area contributed by atoms with Crippen molar-refractivity contribution < 1.29 is 13.6 Å². The lowest BCUT2D eigenvalue weighted by atomic mass is 9.74. The Kier molecular flexibility index (Phi) is 4.68. The molecule has 0 amide bonds. The first-order valence-electron chi connectivity index (χ1n) is 10.8. The summed E-state index contributed by atoms with van der Waals surface area (Å²) in [5.41, 5.74) is 3.69. The SMILES string of the molecule is Cc1cc2nccc(C3CCC4(CC3)CC4C(=O)Cc3ccc(F)cc3)c2cc1F. The maximum absolute atomic E-state index is 14.2. The Hall–Kier alpha value is -2.62. The number of ketones is 1. The second-order valence-corrected chi connectivity index (χ2v) is 9.18. The molecule has 0 N–H and O–H groups in total. The van der Waals surface area contributed by atoms with E-state index in [1.165, 1.54) is 17.7 Å². The van der Waals surface area contributed by atoms with Crippen LogP contribution in [0, 0.1) is 29.9 Å². The van der Waals surface area contributed by atoms with Gasteiger partial charge < -0.3 is 0 Å². The lowest BCUT2D eigenvalue weighted by molar-refractivity contribution is -0.120. The maximum Gasteiger partial charge on any atom is 0.140 e. The fourth-order valence-electron chi connectivity index (χ4n) is 5.43. The Morgan fingerprint density at radius 1 is 1.10 bits per heavy atom. The maximum atomic E-state index is 14.2. The molecule has 4 heteroatoms. The van der Waals surface area contributed by atoms with Crippen molar-refractivity contribution in [2.45, 2.75) is 51.4 Å². The molecule has 1 aromatic heterocycles. The van der Waals surface area contributed by atoms with E-state index in [0.717, 1.165) is 48.6 Å². The molecular weight excluding hydrogens is 380 g/mol. The second-order valence-electron chi connectivity index (χ2n) is 9.18. The van der Waals surface area contributed by atoms with E-state index in [1.807, 2.05) is 18.3 Å². The molecule has 30 heavy (non-hydrogen) atoms.